The molecule has 1 saturated heterocycles. The van der Waals surface area contributed by atoms with Gasteiger partial charge in [-0.2, -0.15) is 0 Å². The van der Waals surface area contributed by atoms with Gasteiger partial charge in [0.15, 0.2) is 5.76 Å². The Hall–Kier alpha value is -3.09. The number of nitrogens with zero attached hydrogens (tertiary/aromatic N) is 1. The van der Waals surface area contributed by atoms with Crippen LogP contribution >= 0.6 is 0 Å². The summed E-state index contributed by atoms with van der Waals surface area (Å²) in [5, 5.41) is 0. The number of hydrogen-bond acceptors (Lipinski definition) is 4. The Balaban J connectivity index is 1.59. The fraction of sp³-hybridized carbons (Fsp3) is 0.235. The van der Waals surface area contributed by atoms with Crippen molar-refractivity contribution in [2.24, 2.45) is 0 Å². The van der Waals surface area contributed by atoms with Crippen molar-refractivity contribution in [1.29, 1.82) is 0 Å². The molecule has 7 heteroatoms. The monoisotopic (exact) mass is 327 g/mol. The van der Waals surface area contributed by atoms with Crippen LogP contribution in [0, 0.1) is 0 Å². The van der Waals surface area contributed by atoms with Crippen molar-refractivity contribution in [3.8, 4) is 0 Å². The van der Waals surface area contributed by atoms with E-state index in [0.29, 0.717) is 18.5 Å². The minimum Gasteiger partial charge on any atom is -0.459 e. The molecule has 0 saturated carbocycles. The third kappa shape index (κ3) is 3.62. The summed E-state index contributed by atoms with van der Waals surface area (Å²) in [6, 6.07) is 10.0. The largest absolute Gasteiger partial charge is 0.459 e. The van der Waals surface area contributed by atoms with Gasteiger partial charge in [-0.05, 0) is 36.2 Å². The van der Waals surface area contributed by atoms with Crippen molar-refractivity contribution < 1.29 is 18.8 Å². The van der Waals surface area contributed by atoms with Gasteiger partial charge in [-0.1, -0.05) is 12.1 Å². The molecule has 2 heterocycles. The second-order valence-corrected chi connectivity index (χ2v) is 5.50. The zero-order valence-corrected chi connectivity index (χ0v) is 13.0. The Labute approximate surface area is 138 Å². The number of benzene rings is 1. The van der Waals surface area contributed by atoms with Gasteiger partial charge >= 0.3 is 5.91 Å². The normalized spacial score (nSPS) is 13.8. The number of rotatable bonds is 4. The van der Waals surface area contributed by atoms with Gasteiger partial charge in [0.25, 0.3) is 5.91 Å². The third-order valence-corrected chi connectivity index (χ3v) is 3.77. The summed E-state index contributed by atoms with van der Waals surface area (Å²) in [5.41, 5.74) is 5.90. The van der Waals surface area contributed by atoms with Crippen LogP contribution in [0.4, 0.5) is 0 Å². The lowest BCUT2D eigenvalue weighted by Gasteiger charge is -2.16. The number of hydrogen-bond donors (Lipinski definition) is 2. The first-order valence-corrected chi connectivity index (χ1v) is 7.64. The van der Waals surface area contributed by atoms with Crippen molar-refractivity contribution in [1.82, 2.24) is 15.8 Å². The van der Waals surface area contributed by atoms with E-state index >= 15 is 0 Å². The summed E-state index contributed by atoms with van der Waals surface area (Å²) in [7, 11) is 0. The molecule has 24 heavy (non-hydrogen) atoms. The third-order valence-electron chi connectivity index (χ3n) is 3.77. The summed E-state index contributed by atoms with van der Waals surface area (Å²) in [5.74, 6) is -0.733. The van der Waals surface area contributed by atoms with E-state index in [1.807, 2.05) is 6.07 Å². The number of furan rings is 1. The highest BCUT2D eigenvalue weighted by molar-refractivity contribution is 5.98. The minimum atomic E-state index is -0.535. The van der Waals surface area contributed by atoms with E-state index in [2.05, 4.69) is 10.9 Å². The van der Waals surface area contributed by atoms with Crippen LogP contribution in [-0.4, -0.2) is 29.2 Å². The Bertz CT molecular complexity index is 755. The molecule has 0 radical (unpaired) electrons. The highest BCUT2D eigenvalue weighted by Crippen LogP contribution is 2.15. The smallest absolute Gasteiger partial charge is 0.305 e. The standard InChI is InChI=1S/C17H17N3O4/c21-15-7-2-8-20(15)11-12-4-1-5-13(10-12)16(22)18-19-17(23)14-6-3-9-24-14/h1,3-6,9-10H,2,7-8,11H2,(H,18,22)(H,19,23). The molecular formula is C17H17N3O4. The van der Waals surface area contributed by atoms with Crippen LogP contribution in [0.25, 0.3) is 0 Å². The molecule has 0 aliphatic carbocycles. The Kier molecular flexibility index (Phi) is 4.60. The van der Waals surface area contributed by atoms with Crippen molar-refractivity contribution in [3.63, 3.8) is 0 Å². The number of nitrogens with one attached hydrogen (secondary N) is 2. The Morgan fingerprint density at radius 3 is 2.67 bits per heavy atom. The van der Waals surface area contributed by atoms with Crippen LogP contribution < -0.4 is 10.9 Å². The quantitative estimate of drug-likeness (QED) is 0.832. The average molecular weight is 327 g/mol. The predicted molar refractivity (Wildman–Crippen MR) is 84.7 cm³/mol. The molecule has 3 rings (SSSR count). The number of amides is 3. The molecule has 1 aliphatic rings. The van der Waals surface area contributed by atoms with E-state index < -0.39 is 11.8 Å². The number of hydrazine groups is 1. The molecule has 2 N–H and O–H groups in total. The molecule has 7 nitrogen and oxygen atoms in total. The van der Waals surface area contributed by atoms with E-state index in [1.165, 1.54) is 12.3 Å². The molecule has 0 atom stereocenters. The van der Waals surface area contributed by atoms with Crippen LogP contribution in [-0.2, 0) is 11.3 Å². The van der Waals surface area contributed by atoms with Crippen molar-refractivity contribution in [3.05, 3.63) is 59.5 Å². The van der Waals surface area contributed by atoms with Gasteiger partial charge in [-0.25, -0.2) is 0 Å². The molecule has 3 amide bonds. The number of likely N-dealkylation sites (tertiary alicyclic amines) is 1. The van der Waals surface area contributed by atoms with E-state index in [1.54, 1.807) is 29.2 Å². The average Bonchev–Trinajstić information content (AvgIpc) is 3.25. The first kappa shape index (κ1) is 15.8. The van der Waals surface area contributed by atoms with Gasteiger partial charge < -0.3 is 9.32 Å². The van der Waals surface area contributed by atoms with Gasteiger partial charge in [0.2, 0.25) is 5.91 Å². The van der Waals surface area contributed by atoms with Crippen LogP contribution in [0.3, 0.4) is 0 Å². The van der Waals surface area contributed by atoms with Gasteiger partial charge in [0, 0.05) is 25.1 Å². The van der Waals surface area contributed by atoms with Crippen LogP contribution in [0.15, 0.2) is 47.1 Å². The molecular weight excluding hydrogens is 310 g/mol. The second-order valence-electron chi connectivity index (χ2n) is 5.50. The molecule has 124 valence electrons. The minimum absolute atomic E-state index is 0.108. The highest BCUT2D eigenvalue weighted by Gasteiger charge is 2.20. The summed E-state index contributed by atoms with van der Waals surface area (Å²) in [6.45, 7) is 1.23. The predicted octanol–water partition coefficient (Wildman–Crippen LogP) is 1.48. The van der Waals surface area contributed by atoms with E-state index in [9.17, 15) is 14.4 Å². The fourth-order valence-electron chi connectivity index (χ4n) is 2.56. The lowest BCUT2D eigenvalue weighted by atomic mass is 10.1. The van der Waals surface area contributed by atoms with Crippen molar-refractivity contribution >= 4 is 17.7 Å². The van der Waals surface area contributed by atoms with E-state index in [0.717, 1.165) is 18.5 Å². The van der Waals surface area contributed by atoms with Crippen molar-refractivity contribution in [2.45, 2.75) is 19.4 Å². The first-order valence-electron chi connectivity index (χ1n) is 7.64. The second kappa shape index (κ2) is 6.99. The zero-order chi connectivity index (χ0) is 16.9. The fourth-order valence-corrected chi connectivity index (χ4v) is 2.56. The summed E-state index contributed by atoms with van der Waals surface area (Å²) in [6.07, 6.45) is 2.83. The van der Waals surface area contributed by atoms with E-state index in [4.69, 9.17) is 4.42 Å². The maximum Gasteiger partial charge on any atom is 0.305 e. The molecule has 0 spiro atoms. The molecule has 1 fully saturated rings. The van der Waals surface area contributed by atoms with Gasteiger partial charge in [-0.15, -0.1) is 0 Å². The molecule has 0 unspecified atom stereocenters. The zero-order valence-electron chi connectivity index (χ0n) is 13.0. The SMILES string of the molecule is O=C(NNC(=O)c1ccco1)c1cccc(CN2CCCC2=O)c1. The Morgan fingerprint density at radius 1 is 1.12 bits per heavy atom. The topological polar surface area (TPSA) is 91.7 Å². The molecule has 0 bridgehead atoms. The maximum absolute atomic E-state index is 12.1. The maximum atomic E-state index is 12.1. The summed E-state index contributed by atoms with van der Waals surface area (Å²) in [4.78, 5) is 37.3. The van der Waals surface area contributed by atoms with Crippen LogP contribution in [0.2, 0.25) is 0 Å². The lowest BCUT2D eigenvalue weighted by molar-refractivity contribution is -0.128. The summed E-state index contributed by atoms with van der Waals surface area (Å²) >= 11 is 0. The van der Waals surface area contributed by atoms with Crippen molar-refractivity contribution in [2.75, 3.05) is 6.54 Å². The van der Waals surface area contributed by atoms with Gasteiger partial charge in [0.05, 0.1) is 6.26 Å². The Morgan fingerprint density at radius 2 is 1.96 bits per heavy atom. The van der Waals surface area contributed by atoms with Crippen LogP contribution in [0.1, 0.15) is 39.3 Å². The van der Waals surface area contributed by atoms with E-state index in [-0.39, 0.29) is 11.7 Å². The highest BCUT2D eigenvalue weighted by atomic mass is 16.3. The van der Waals surface area contributed by atoms with Crippen LogP contribution in [0.5, 0.6) is 0 Å². The number of carbonyl (C=O) groups is 3. The summed E-state index contributed by atoms with van der Waals surface area (Å²) < 4.78 is 4.94. The molecule has 1 aromatic heterocycles. The molecule has 1 aliphatic heterocycles. The van der Waals surface area contributed by atoms with Gasteiger partial charge in [0.1, 0.15) is 0 Å². The molecule has 2 aromatic rings. The first-order chi connectivity index (χ1) is 11.6. The molecule has 1 aromatic carbocycles. The lowest BCUT2D eigenvalue weighted by Crippen LogP contribution is -2.41. The van der Waals surface area contributed by atoms with Gasteiger partial charge in [-0.3, -0.25) is 25.2 Å². The number of carbonyl (C=O) groups excluding carboxylic acids is 3.